The Morgan fingerprint density at radius 2 is 1.90 bits per heavy atom. The van der Waals surface area contributed by atoms with E-state index >= 15 is 0 Å². The second-order valence-corrected chi connectivity index (χ2v) is 6.44. The number of carboxylic acids is 1. The highest BCUT2D eigenvalue weighted by atomic mass is 16.4. The van der Waals surface area contributed by atoms with Crippen LogP contribution in [0.3, 0.4) is 0 Å². The molecule has 0 heterocycles. The molecule has 0 saturated heterocycles. The van der Waals surface area contributed by atoms with E-state index in [4.69, 9.17) is 0 Å². The van der Waals surface area contributed by atoms with Crippen LogP contribution in [-0.4, -0.2) is 46.7 Å². The van der Waals surface area contributed by atoms with Crippen LogP contribution in [0.2, 0.25) is 0 Å². The molecule has 116 valence electrons. The standard InChI is InChI=1S/C16H30N2O2/c1-3-17-16(15(19)20)11-10-14(12-16)18(4-2)13-8-6-5-7-9-13/h13-14,17H,3-12H2,1-2H3,(H,19,20). The summed E-state index contributed by atoms with van der Waals surface area (Å²) in [4.78, 5) is 14.3. The molecule has 2 fully saturated rings. The van der Waals surface area contributed by atoms with Crippen LogP contribution in [0.4, 0.5) is 0 Å². The van der Waals surface area contributed by atoms with E-state index in [1.165, 1.54) is 32.1 Å². The fourth-order valence-corrected chi connectivity index (χ4v) is 4.30. The van der Waals surface area contributed by atoms with Crippen LogP contribution in [-0.2, 0) is 4.79 Å². The van der Waals surface area contributed by atoms with Gasteiger partial charge in [-0.25, -0.2) is 0 Å². The summed E-state index contributed by atoms with van der Waals surface area (Å²) in [5.41, 5.74) is -0.679. The zero-order valence-electron chi connectivity index (χ0n) is 13.0. The zero-order valence-corrected chi connectivity index (χ0v) is 13.0. The van der Waals surface area contributed by atoms with Crippen LogP contribution in [0.5, 0.6) is 0 Å². The van der Waals surface area contributed by atoms with Crippen molar-refractivity contribution in [3.05, 3.63) is 0 Å². The fourth-order valence-electron chi connectivity index (χ4n) is 4.30. The Morgan fingerprint density at radius 1 is 1.20 bits per heavy atom. The number of carbonyl (C=O) groups is 1. The highest BCUT2D eigenvalue weighted by Gasteiger charge is 2.47. The number of hydrogen-bond acceptors (Lipinski definition) is 3. The molecule has 2 aliphatic carbocycles. The van der Waals surface area contributed by atoms with E-state index in [9.17, 15) is 9.90 Å². The Balaban J connectivity index is 2.03. The quantitative estimate of drug-likeness (QED) is 0.786. The molecule has 20 heavy (non-hydrogen) atoms. The molecule has 0 aromatic heterocycles. The number of rotatable bonds is 6. The lowest BCUT2D eigenvalue weighted by molar-refractivity contribution is -0.144. The van der Waals surface area contributed by atoms with Crippen molar-refractivity contribution in [3.8, 4) is 0 Å². The van der Waals surface area contributed by atoms with Crippen LogP contribution >= 0.6 is 0 Å². The first kappa shape index (κ1) is 15.8. The number of carboxylic acid groups (broad SMARTS) is 1. The normalized spacial score (nSPS) is 31.9. The number of nitrogens with zero attached hydrogens (tertiary/aromatic N) is 1. The van der Waals surface area contributed by atoms with Gasteiger partial charge in [-0.3, -0.25) is 9.69 Å². The molecule has 2 N–H and O–H groups in total. The van der Waals surface area contributed by atoms with Crippen LogP contribution in [0.25, 0.3) is 0 Å². The summed E-state index contributed by atoms with van der Waals surface area (Å²) in [5, 5.41) is 12.8. The molecule has 2 unspecified atom stereocenters. The molecule has 0 bridgehead atoms. The first-order valence-electron chi connectivity index (χ1n) is 8.37. The molecule has 0 spiro atoms. The van der Waals surface area contributed by atoms with Crippen LogP contribution in [0.15, 0.2) is 0 Å². The maximum Gasteiger partial charge on any atom is 0.323 e. The van der Waals surface area contributed by atoms with Gasteiger partial charge in [0.1, 0.15) is 5.54 Å². The molecule has 0 aromatic rings. The summed E-state index contributed by atoms with van der Waals surface area (Å²) >= 11 is 0. The Morgan fingerprint density at radius 3 is 2.45 bits per heavy atom. The van der Waals surface area contributed by atoms with Gasteiger partial charge in [0.2, 0.25) is 0 Å². The highest BCUT2D eigenvalue weighted by Crippen LogP contribution is 2.36. The highest BCUT2D eigenvalue weighted by molar-refractivity contribution is 5.79. The predicted octanol–water partition coefficient (Wildman–Crippen LogP) is 2.63. The van der Waals surface area contributed by atoms with Crippen LogP contribution in [0.1, 0.15) is 65.2 Å². The Bertz CT molecular complexity index is 328. The number of aliphatic carboxylic acids is 1. The molecule has 0 radical (unpaired) electrons. The van der Waals surface area contributed by atoms with Crippen LogP contribution in [0, 0.1) is 0 Å². The Kier molecular flexibility index (Phi) is 5.44. The number of nitrogens with one attached hydrogen (secondary N) is 1. The molecule has 2 aliphatic rings. The molecule has 4 heteroatoms. The van der Waals surface area contributed by atoms with E-state index in [-0.39, 0.29) is 0 Å². The van der Waals surface area contributed by atoms with Gasteiger partial charge in [0.05, 0.1) is 0 Å². The van der Waals surface area contributed by atoms with Gasteiger partial charge in [-0.15, -0.1) is 0 Å². The maximum absolute atomic E-state index is 11.7. The lowest BCUT2D eigenvalue weighted by Crippen LogP contribution is -2.52. The largest absolute Gasteiger partial charge is 0.480 e. The van der Waals surface area contributed by atoms with Gasteiger partial charge in [-0.1, -0.05) is 33.1 Å². The van der Waals surface area contributed by atoms with Crippen molar-refractivity contribution in [3.63, 3.8) is 0 Å². The van der Waals surface area contributed by atoms with Gasteiger partial charge < -0.3 is 10.4 Å². The summed E-state index contributed by atoms with van der Waals surface area (Å²) in [7, 11) is 0. The fraction of sp³-hybridized carbons (Fsp3) is 0.938. The van der Waals surface area contributed by atoms with Crippen molar-refractivity contribution in [1.29, 1.82) is 0 Å². The van der Waals surface area contributed by atoms with Crippen molar-refractivity contribution in [1.82, 2.24) is 10.2 Å². The third kappa shape index (κ3) is 3.17. The molecule has 4 nitrogen and oxygen atoms in total. The van der Waals surface area contributed by atoms with Gasteiger partial charge in [0.25, 0.3) is 0 Å². The van der Waals surface area contributed by atoms with Gasteiger partial charge in [0, 0.05) is 12.1 Å². The minimum Gasteiger partial charge on any atom is -0.480 e. The zero-order chi connectivity index (χ0) is 14.6. The topological polar surface area (TPSA) is 52.6 Å². The van der Waals surface area contributed by atoms with Crippen molar-refractivity contribution in [2.75, 3.05) is 13.1 Å². The SMILES string of the molecule is CCNC1(C(=O)O)CCC(N(CC)C2CCCCC2)C1. The van der Waals surface area contributed by atoms with E-state index in [1.807, 2.05) is 6.92 Å². The number of hydrogen-bond donors (Lipinski definition) is 2. The average Bonchev–Trinajstić information content (AvgIpc) is 2.87. The summed E-state index contributed by atoms with van der Waals surface area (Å²) in [6, 6.07) is 1.13. The smallest absolute Gasteiger partial charge is 0.323 e. The molecule has 2 saturated carbocycles. The first-order chi connectivity index (χ1) is 9.63. The van der Waals surface area contributed by atoms with Crippen molar-refractivity contribution in [2.24, 2.45) is 0 Å². The van der Waals surface area contributed by atoms with Crippen LogP contribution < -0.4 is 5.32 Å². The molecular weight excluding hydrogens is 252 g/mol. The predicted molar refractivity (Wildman–Crippen MR) is 80.9 cm³/mol. The first-order valence-corrected chi connectivity index (χ1v) is 8.37. The van der Waals surface area contributed by atoms with E-state index in [0.717, 1.165) is 32.4 Å². The second kappa shape index (κ2) is 6.90. The lowest BCUT2D eigenvalue weighted by atomic mass is 9.92. The lowest BCUT2D eigenvalue weighted by Gasteiger charge is -2.38. The van der Waals surface area contributed by atoms with Crippen molar-refractivity contribution < 1.29 is 9.90 Å². The minimum atomic E-state index is -0.679. The van der Waals surface area contributed by atoms with Crippen molar-refractivity contribution >= 4 is 5.97 Å². The third-order valence-corrected chi connectivity index (χ3v) is 5.29. The van der Waals surface area contributed by atoms with Gasteiger partial charge in [-0.05, 0) is 45.2 Å². The summed E-state index contributed by atoms with van der Waals surface area (Å²) in [6.07, 6.45) is 9.19. The van der Waals surface area contributed by atoms with E-state index in [1.54, 1.807) is 0 Å². The van der Waals surface area contributed by atoms with Gasteiger partial charge in [0.15, 0.2) is 0 Å². The molecule has 0 aliphatic heterocycles. The maximum atomic E-state index is 11.7. The summed E-state index contributed by atoms with van der Waals surface area (Å²) in [5.74, 6) is -0.665. The monoisotopic (exact) mass is 282 g/mol. The average molecular weight is 282 g/mol. The number of likely N-dealkylation sites (N-methyl/N-ethyl adjacent to an activating group) is 1. The molecule has 0 aromatic carbocycles. The van der Waals surface area contributed by atoms with E-state index < -0.39 is 11.5 Å². The second-order valence-electron chi connectivity index (χ2n) is 6.44. The van der Waals surface area contributed by atoms with Gasteiger partial charge in [-0.2, -0.15) is 0 Å². The molecule has 2 atom stereocenters. The van der Waals surface area contributed by atoms with E-state index in [0.29, 0.717) is 12.1 Å². The van der Waals surface area contributed by atoms with Crippen molar-refractivity contribution in [2.45, 2.75) is 82.8 Å². The van der Waals surface area contributed by atoms with Gasteiger partial charge >= 0.3 is 5.97 Å². The molecule has 2 rings (SSSR count). The van der Waals surface area contributed by atoms with E-state index in [2.05, 4.69) is 17.1 Å². The summed E-state index contributed by atoms with van der Waals surface area (Å²) in [6.45, 7) is 6.01. The third-order valence-electron chi connectivity index (χ3n) is 5.29. The minimum absolute atomic E-state index is 0.443. The molecular formula is C16H30N2O2. The Hall–Kier alpha value is -0.610. The Labute approximate surface area is 122 Å². The summed E-state index contributed by atoms with van der Waals surface area (Å²) < 4.78 is 0. The molecule has 0 amide bonds.